The predicted molar refractivity (Wildman–Crippen MR) is 88.4 cm³/mol. The lowest BCUT2D eigenvalue weighted by molar-refractivity contribution is -0.133. The van der Waals surface area contributed by atoms with Crippen molar-refractivity contribution in [1.29, 1.82) is 0 Å². The van der Waals surface area contributed by atoms with Gasteiger partial charge in [0.2, 0.25) is 5.91 Å². The Bertz CT molecular complexity index is 469. The Kier molecular flexibility index (Phi) is 5.48. The van der Waals surface area contributed by atoms with Crippen LogP contribution in [0, 0.1) is 0 Å². The quantitative estimate of drug-likeness (QED) is 0.848. The van der Waals surface area contributed by atoms with Gasteiger partial charge in [0.15, 0.2) is 0 Å². The van der Waals surface area contributed by atoms with E-state index in [0.717, 1.165) is 50.3 Å². The second-order valence-corrected chi connectivity index (χ2v) is 5.85. The minimum Gasteiger partial charge on any atom is -0.399 e. The third-order valence-electron chi connectivity index (χ3n) is 4.16. The van der Waals surface area contributed by atoms with Gasteiger partial charge in [-0.05, 0) is 50.8 Å². The molecule has 1 aliphatic heterocycles. The summed E-state index contributed by atoms with van der Waals surface area (Å²) in [7, 11) is 0. The molecule has 0 spiro atoms. The van der Waals surface area contributed by atoms with Crippen molar-refractivity contribution in [3.63, 3.8) is 0 Å². The van der Waals surface area contributed by atoms with Crippen LogP contribution in [0.2, 0.25) is 0 Å². The number of carbonyl (C=O) groups excluding carboxylic acids is 1. The molecular weight excluding hydrogens is 262 g/mol. The first kappa shape index (κ1) is 15.7. The fourth-order valence-electron chi connectivity index (χ4n) is 3.00. The molecule has 21 heavy (non-hydrogen) atoms. The zero-order valence-corrected chi connectivity index (χ0v) is 13.2. The van der Waals surface area contributed by atoms with Crippen LogP contribution in [0.1, 0.15) is 39.5 Å². The average Bonchev–Trinajstić information content (AvgIpc) is 2.52. The number of likely N-dealkylation sites (tertiary alicyclic amines) is 1. The number of piperidine rings is 1. The van der Waals surface area contributed by atoms with E-state index in [4.69, 9.17) is 5.73 Å². The monoisotopic (exact) mass is 289 g/mol. The summed E-state index contributed by atoms with van der Waals surface area (Å²) in [6, 6.07) is 7.68. The Balaban J connectivity index is 2.14. The number of rotatable bonds is 5. The zero-order chi connectivity index (χ0) is 15.2. The van der Waals surface area contributed by atoms with Crippen LogP contribution in [0.4, 0.5) is 11.4 Å². The van der Waals surface area contributed by atoms with Gasteiger partial charge in [0.05, 0.1) is 0 Å². The van der Waals surface area contributed by atoms with E-state index >= 15 is 0 Å². The van der Waals surface area contributed by atoms with Gasteiger partial charge in [0, 0.05) is 31.0 Å². The molecule has 0 saturated carbocycles. The maximum absolute atomic E-state index is 12.7. The molecular formula is C17H27N3O. The third-order valence-corrected chi connectivity index (χ3v) is 4.16. The van der Waals surface area contributed by atoms with E-state index in [1.807, 2.05) is 36.1 Å². The van der Waals surface area contributed by atoms with Crippen molar-refractivity contribution in [2.75, 3.05) is 30.3 Å². The summed E-state index contributed by atoms with van der Waals surface area (Å²) in [5.74, 6) is 0.241. The highest BCUT2D eigenvalue weighted by molar-refractivity contribution is 5.85. The summed E-state index contributed by atoms with van der Waals surface area (Å²) in [4.78, 5) is 16.9. The number of nitrogens with two attached hydrogens (primary N) is 1. The first-order chi connectivity index (χ1) is 10.1. The predicted octanol–water partition coefficient (Wildman–Crippen LogP) is 2.89. The van der Waals surface area contributed by atoms with E-state index in [1.54, 1.807) is 0 Å². The number of hydrogen-bond donors (Lipinski definition) is 1. The van der Waals surface area contributed by atoms with Gasteiger partial charge in [-0.1, -0.05) is 13.0 Å². The summed E-state index contributed by atoms with van der Waals surface area (Å²) in [5, 5.41) is 0. The van der Waals surface area contributed by atoms with E-state index < -0.39 is 0 Å². The smallest absolute Gasteiger partial charge is 0.244 e. The second kappa shape index (κ2) is 7.34. The highest BCUT2D eigenvalue weighted by Crippen LogP contribution is 2.22. The van der Waals surface area contributed by atoms with Gasteiger partial charge in [-0.3, -0.25) is 4.79 Å². The van der Waals surface area contributed by atoms with Gasteiger partial charge < -0.3 is 15.5 Å². The van der Waals surface area contributed by atoms with Crippen LogP contribution in [-0.2, 0) is 4.79 Å². The number of benzene rings is 1. The van der Waals surface area contributed by atoms with Gasteiger partial charge in [-0.2, -0.15) is 0 Å². The molecule has 1 aromatic carbocycles. The molecule has 0 bridgehead atoms. The first-order valence-electron chi connectivity index (χ1n) is 8.04. The molecule has 2 N–H and O–H groups in total. The van der Waals surface area contributed by atoms with Crippen molar-refractivity contribution in [3.8, 4) is 0 Å². The van der Waals surface area contributed by atoms with Gasteiger partial charge in [0.25, 0.3) is 0 Å². The molecule has 4 heteroatoms. The fourth-order valence-corrected chi connectivity index (χ4v) is 3.00. The minimum atomic E-state index is -0.134. The molecule has 0 aromatic heterocycles. The molecule has 2 rings (SSSR count). The van der Waals surface area contributed by atoms with Gasteiger partial charge in [0.1, 0.15) is 6.04 Å². The summed E-state index contributed by atoms with van der Waals surface area (Å²) in [5.41, 5.74) is 7.67. The molecule has 1 fully saturated rings. The zero-order valence-electron chi connectivity index (χ0n) is 13.2. The number of carbonyl (C=O) groups is 1. The standard InChI is InChI=1S/C17H27N3O/c1-3-10-20(16-9-7-8-15(18)13-16)14(2)17(21)19-11-5-4-6-12-19/h7-9,13-14H,3-6,10-12,18H2,1-2H3. The first-order valence-corrected chi connectivity index (χ1v) is 8.04. The summed E-state index contributed by atoms with van der Waals surface area (Å²) in [6.45, 7) is 6.82. The molecule has 1 aliphatic rings. The van der Waals surface area contributed by atoms with Crippen molar-refractivity contribution in [2.45, 2.75) is 45.6 Å². The molecule has 1 atom stereocenters. The van der Waals surface area contributed by atoms with Crippen molar-refractivity contribution < 1.29 is 4.79 Å². The summed E-state index contributed by atoms with van der Waals surface area (Å²) < 4.78 is 0. The maximum Gasteiger partial charge on any atom is 0.244 e. The van der Waals surface area contributed by atoms with Crippen LogP contribution in [-0.4, -0.2) is 36.5 Å². The number of amides is 1. The average molecular weight is 289 g/mol. The Morgan fingerprint density at radius 2 is 2.05 bits per heavy atom. The normalized spacial score (nSPS) is 16.6. The van der Waals surface area contributed by atoms with Crippen LogP contribution in [0.3, 0.4) is 0 Å². The van der Waals surface area contributed by atoms with E-state index in [2.05, 4.69) is 11.8 Å². The van der Waals surface area contributed by atoms with E-state index in [-0.39, 0.29) is 11.9 Å². The van der Waals surface area contributed by atoms with Crippen LogP contribution in [0.15, 0.2) is 24.3 Å². The topological polar surface area (TPSA) is 49.6 Å². The number of nitrogen functional groups attached to an aromatic ring is 1. The van der Waals surface area contributed by atoms with Crippen LogP contribution in [0.25, 0.3) is 0 Å². The minimum absolute atomic E-state index is 0.134. The van der Waals surface area contributed by atoms with Gasteiger partial charge in [-0.15, -0.1) is 0 Å². The van der Waals surface area contributed by atoms with Crippen molar-refractivity contribution >= 4 is 17.3 Å². The van der Waals surface area contributed by atoms with E-state index in [1.165, 1.54) is 6.42 Å². The van der Waals surface area contributed by atoms with Gasteiger partial charge >= 0.3 is 0 Å². The molecule has 1 aromatic rings. The summed E-state index contributed by atoms with van der Waals surface area (Å²) >= 11 is 0. The van der Waals surface area contributed by atoms with Gasteiger partial charge in [-0.25, -0.2) is 0 Å². The lowest BCUT2D eigenvalue weighted by Crippen LogP contribution is -2.49. The largest absolute Gasteiger partial charge is 0.399 e. The molecule has 1 heterocycles. The van der Waals surface area contributed by atoms with Crippen molar-refractivity contribution in [3.05, 3.63) is 24.3 Å². The van der Waals surface area contributed by atoms with Crippen molar-refractivity contribution in [2.24, 2.45) is 0 Å². The maximum atomic E-state index is 12.7. The van der Waals surface area contributed by atoms with Crippen LogP contribution >= 0.6 is 0 Å². The Morgan fingerprint density at radius 3 is 2.67 bits per heavy atom. The second-order valence-electron chi connectivity index (χ2n) is 5.85. The molecule has 1 unspecified atom stereocenters. The Morgan fingerprint density at radius 1 is 1.33 bits per heavy atom. The summed E-state index contributed by atoms with van der Waals surface area (Å²) in [6.07, 6.45) is 4.51. The molecule has 116 valence electrons. The highest BCUT2D eigenvalue weighted by Gasteiger charge is 2.26. The lowest BCUT2D eigenvalue weighted by atomic mass is 10.1. The molecule has 1 amide bonds. The fraction of sp³-hybridized carbons (Fsp3) is 0.588. The Hall–Kier alpha value is -1.71. The van der Waals surface area contributed by atoms with Crippen molar-refractivity contribution in [1.82, 2.24) is 4.90 Å². The van der Waals surface area contributed by atoms with Crippen LogP contribution < -0.4 is 10.6 Å². The molecule has 0 radical (unpaired) electrons. The number of hydrogen-bond acceptors (Lipinski definition) is 3. The molecule has 1 saturated heterocycles. The molecule has 4 nitrogen and oxygen atoms in total. The SMILES string of the molecule is CCCN(c1cccc(N)c1)C(C)C(=O)N1CCCCC1. The van der Waals surface area contributed by atoms with E-state index in [0.29, 0.717) is 0 Å². The highest BCUT2D eigenvalue weighted by atomic mass is 16.2. The number of anilines is 2. The van der Waals surface area contributed by atoms with E-state index in [9.17, 15) is 4.79 Å². The molecule has 0 aliphatic carbocycles. The van der Waals surface area contributed by atoms with Crippen LogP contribution in [0.5, 0.6) is 0 Å². The Labute approximate surface area is 127 Å². The number of nitrogens with zero attached hydrogens (tertiary/aromatic N) is 2. The lowest BCUT2D eigenvalue weighted by Gasteiger charge is -2.35. The third kappa shape index (κ3) is 3.90.